The highest BCUT2D eigenvalue weighted by molar-refractivity contribution is 7.12. The van der Waals surface area contributed by atoms with Gasteiger partial charge in [-0.05, 0) is 50.3 Å². The fourth-order valence-corrected chi connectivity index (χ4v) is 5.19. The van der Waals surface area contributed by atoms with E-state index >= 15 is 0 Å². The molecule has 0 aliphatic carbocycles. The molecule has 1 aromatic carbocycles. The summed E-state index contributed by atoms with van der Waals surface area (Å²) >= 11 is 1.33. The molecule has 28 heavy (non-hydrogen) atoms. The standard InChI is InChI=1S/C22H24N2O3S/c1-15(25)20-12-18(14-28-20)22(27)24-10-5-8-17-13-23(11-9-19(17)24)21(26)16-6-3-2-4-7-16/h2-4,6-7,12,14,17,19H,5,8-11,13H2,1H3/t17-,19+/m1/s1. The fourth-order valence-electron chi connectivity index (χ4n) is 4.40. The molecule has 6 heteroatoms. The lowest BCUT2D eigenvalue weighted by atomic mass is 9.83. The van der Waals surface area contributed by atoms with E-state index in [4.69, 9.17) is 0 Å². The molecule has 0 unspecified atom stereocenters. The Balaban J connectivity index is 1.47. The first-order chi connectivity index (χ1) is 13.5. The second kappa shape index (κ2) is 7.87. The Kier molecular flexibility index (Phi) is 5.31. The number of Topliss-reactive ketones (excluding diaryl/α,β-unsaturated/α-hetero) is 1. The largest absolute Gasteiger partial charge is 0.338 e. The number of amides is 2. The van der Waals surface area contributed by atoms with Gasteiger partial charge in [-0.3, -0.25) is 14.4 Å². The number of likely N-dealkylation sites (tertiary alicyclic amines) is 2. The summed E-state index contributed by atoms with van der Waals surface area (Å²) in [5.74, 6) is 0.394. The number of piperidine rings is 2. The van der Waals surface area contributed by atoms with Crippen molar-refractivity contribution in [1.29, 1.82) is 0 Å². The van der Waals surface area contributed by atoms with E-state index in [0.717, 1.165) is 31.4 Å². The van der Waals surface area contributed by atoms with Crippen LogP contribution in [0.2, 0.25) is 0 Å². The molecule has 146 valence electrons. The average molecular weight is 397 g/mol. The van der Waals surface area contributed by atoms with Gasteiger partial charge in [0.15, 0.2) is 5.78 Å². The van der Waals surface area contributed by atoms with E-state index in [1.165, 1.54) is 18.3 Å². The van der Waals surface area contributed by atoms with Crippen LogP contribution in [0.1, 0.15) is 56.6 Å². The first kappa shape index (κ1) is 18.9. The van der Waals surface area contributed by atoms with E-state index in [-0.39, 0.29) is 23.6 Å². The number of carbonyl (C=O) groups excluding carboxylic acids is 3. The van der Waals surface area contributed by atoms with Crippen LogP contribution in [-0.2, 0) is 0 Å². The Bertz CT molecular complexity index is 892. The van der Waals surface area contributed by atoms with Crippen LogP contribution in [0.15, 0.2) is 41.8 Å². The summed E-state index contributed by atoms with van der Waals surface area (Å²) in [6.07, 6.45) is 2.79. The topological polar surface area (TPSA) is 57.7 Å². The number of carbonyl (C=O) groups is 3. The summed E-state index contributed by atoms with van der Waals surface area (Å²) in [5.41, 5.74) is 1.33. The lowest BCUT2D eigenvalue weighted by Crippen LogP contribution is -2.56. The summed E-state index contributed by atoms with van der Waals surface area (Å²) in [5, 5.41) is 1.79. The Morgan fingerprint density at radius 2 is 1.79 bits per heavy atom. The smallest absolute Gasteiger partial charge is 0.254 e. The zero-order chi connectivity index (χ0) is 19.7. The third-order valence-corrected chi connectivity index (χ3v) is 6.86. The molecule has 3 heterocycles. The van der Waals surface area contributed by atoms with Gasteiger partial charge in [-0.2, -0.15) is 0 Å². The molecule has 2 fully saturated rings. The molecule has 2 amide bonds. The van der Waals surface area contributed by atoms with Crippen molar-refractivity contribution in [2.24, 2.45) is 5.92 Å². The van der Waals surface area contributed by atoms with Gasteiger partial charge < -0.3 is 9.80 Å². The Morgan fingerprint density at radius 1 is 1.00 bits per heavy atom. The summed E-state index contributed by atoms with van der Waals surface area (Å²) in [4.78, 5) is 41.9. The minimum Gasteiger partial charge on any atom is -0.338 e. The van der Waals surface area contributed by atoms with E-state index < -0.39 is 0 Å². The number of hydrogen-bond donors (Lipinski definition) is 0. The van der Waals surface area contributed by atoms with E-state index in [1.54, 1.807) is 11.4 Å². The van der Waals surface area contributed by atoms with Crippen LogP contribution in [0.3, 0.4) is 0 Å². The summed E-state index contributed by atoms with van der Waals surface area (Å²) in [6, 6.07) is 11.3. The fraction of sp³-hybridized carbons (Fsp3) is 0.409. The van der Waals surface area contributed by atoms with E-state index in [2.05, 4.69) is 0 Å². The molecule has 0 N–H and O–H groups in total. The maximum atomic E-state index is 13.1. The minimum atomic E-state index is -0.00620. The van der Waals surface area contributed by atoms with Crippen LogP contribution in [-0.4, -0.2) is 53.1 Å². The number of rotatable bonds is 3. The lowest BCUT2D eigenvalue weighted by Gasteiger charge is -2.47. The summed E-state index contributed by atoms with van der Waals surface area (Å²) in [6.45, 7) is 3.64. The molecule has 0 spiro atoms. The van der Waals surface area contributed by atoms with Crippen LogP contribution in [0.5, 0.6) is 0 Å². The Morgan fingerprint density at radius 3 is 2.50 bits per heavy atom. The molecule has 2 aromatic rings. The molecular formula is C22H24N2O3S. The molecule has 2 aliphatic heterocycles. The molecule has 1 aromatic heterocycles. The Labute approximate surface area is 169 Å². The molecular weight excluding hydrogens is 372 g/mol. The van der Waals surface area contributed by atoms with Gasteiger partial charge in [0.05, 0.1) is 10.4 Å². The maximum Gasteiger partial charge on any atom is 0.254 e. The SMILES string of the molecule is CC(=O)c1cc(C(=O)N2CCC[C@@H]3CN(C(=O)c4ccccc4)CC[C@@H]32)cs1. The highest BCUT2D eigenvalue weighted by Gasteiger charge is 2.39. The van der Waals surface area contributed by atoms with Gasteiger partial charge in [-0.25, -0.2) is 0 Å². The molecule has 2 saturated heterocycles. The van der Waals surface area contributed by atoms with Crippen LogP contribution in [0.25, 0.3) is 0 Å². The van der Waals surface area contributed by atoms with Crippen LogP contribution < -0.4 is 0 Å². The van der Waals surface area contributed by atoms with Gasteiger partial charge in [0.25, 0.3) is 11.8 Å². The van der Waals surface area contributed by atoms with Crippen molar-refractivity contribution in [1.82, 2.24) is 9.80 Å². The lowest BCUT2D eigenvalue weighted by molar-refractivity contribution is 0.0198. The van der Waals surface area contributed by atoms with Gasteiger partial charge in [0.2, 0.25) is 0 Å². The van der Waals surface area contributed by atoms with Crippen molar-refractivity contribution < 1.29 is 14.4 Å². The van der Waals surface area contributed by atoms with Gasteiger partial charge >= 0.3 is 0 Å². The highest BCUT2D eigenvalue weighted by Crippen LogP contribution is 2.32. The maximum absolute atomic E-state index is 13.1. The third-order valence-electron chi connectivity index (χ3n) is 5.83. The zero-order valence-electron chi connectivity index (χ0n) is 16.0. The van der Waals surface area contributed by atoms with Crippen LogP contribution in [0.4, 0.5) is 0 Å². The second-order valence-corrected chi connectivity index (χ2v) is 8.54. The van der Waals surface area contributed by atoms with Gasteiger partial charge in [-0.15, -0.1) is 11.3 Å². The third kappa shape index (κ3) is 3.61. The zero-order valence-corrected chi connectivity index (χ0v) is 16.8. The van der Waals surface area contributed by atoms with Crippen molar-refractivity contribution in [3.8, 4) is 0 Å². The predicted molar refractivity (Wildman–Crippen MR) is 109 cm³/mol. The van der Waals surface area contributed by atoms with Crippen molar-refractivity contribution in [2.75, 3.05) is 19.6 Å². The van der Waals surface area contributed by atoms with E-state index in [9.17, 15) is 14.4 Å². The number of hydrogen-bond acceptors (Lipinski definition) is 4. The molecule has 5 nitrogen and oxygen atoms in total. The van der Waals surface area contributed by atoms with Gasteiger partial charge in [0.1, 0.15) is 0 Å². The van der Waals surface area contributed by atoms with Crippen LogP contribution in [0, 0.1) is 5.92 Å². The first-order valence-electron chi connectivity index (χ1n) is 9.79. The quantitative estimate of drug-likeness (QED) is 0.743. The predicted octanol–water partition coefficient (Wildman–Crippen LogP) is 3.72. The number of nitrogens with zero attached hydrogens (tertiary/aromatic N) is 2. The van der Waals surface area contributed by atoms with Crippen molar-refractivity contribution >= 4 is 28.9 Å². The van der Waals surface area contributed by atoms with E-state index in [0.29, 0.717) is 29.4 Å². The highest BCUT2D eigenvalue weighted by atomic mass is 32.1. The normalized spacial score (nSPS) is 21.9. The first-order valence-corrected chi connectivity index (χ1v) is 10.7. The van der Waals surface area contributed by atoms with Crippen molar-refractivity contribution in [3.05, 3.63) is 57.8 Å². The molecule has 2 aliphatic rings. The molecule has 0 bridgehead atoms. The van der Waals surface area contributed by atoms with Gasteiger partial charge in [0, 0.05) is 36.6 Å². The average Bonchev–Trinajstić information content (AvgIpc) is 3.23. The second-order valence-electron chi connectivity index (χ2n) is 7.63. The number of benzene rings is 1. The number of fused-ring (bicyclic) bond motifs is 1. The number of ketones is 1. The number of thiophene rings is 1. The van der Waals surface area contributed by atoms with Gasteiger partial charge in [-0.1, -0.05) is 18.2 Å². The molecule has 0 radical (unpaired) electrons. The monoisotopic (exact) mass is 396 g/mol. The summed E-state index contributed by atoms with van der Waals surface area (Å²) in [7, 11) is 0. The minimum absolute atomic E-state index is 0.00620. The molecule has 4 rings (SSSR count). The van der Waals surface area contributed by atoms with Crippen LogP contribution >= 0.6 is 11.3 Å². The van der Waals surface area contributed by atoms with E-state index in [1.807, 2.05) is 40.1 Å². The Hall–Kier alpha value is -2.47. The van der Waals surface area contributed by atoms with Crippen molar-refractivity contribution in [2.45, 2.75) is 32.2 Å². The molecule has 0 saturated carbocycles. The molecule has 2 atom stereocenters. The summed E-state index contributed by atoms with van der Waals surface area (Å²) < 4.78 is 0. The van der Waals surface area contributed by atoms with Crippen molar-refractivity contribution in [3.63, 3.8) is 0 Å².